The van der Waals surface area contributed by atoms with Crippen LogP contribution >= 0.6 is 0 Å². The Kier molecular flexibility index (Phi) is 3.78. The first-order valence-electron chi connectivity index (χ1n) is 7.48. The number of carbonyl (C=O) groups excluding carboxylic acids is 2. The van der Waals surface area contributed by atoms with Gasteiger partial charge in [-0.1, -0.05) is 42.5 Å². The predicted molar refractivity (Wildman–Crippen MR) is 80.4 cm³/mol. The fourth-order valence-corrected chi connectivity index (χ4v) is 3.34. The molecule has 3 rings (SSSR count). The Labute approximate surface area is 124 Å². The number of amides is 3. The molecule has 0 aliphatic heterocycles. The quantitative estimate of drug-likeness (QED) is 0.839. The summed E-state index contributed by atoms with van der Waals surface area (Å²) in [6.45, 7) is 1.90. The Morgan fingerprint density at radius 2 is 1.90 bits per heavy atom. The normalized spacial score (nSPS) is 27.4. The maximum Gasteiger partial charge on any atom is 0.321 e. The second-order valence-electron chi connectivity index (χ2n) is 5.98. The Bertz CT molecular complexity index is 567. The maximum absolute atomic E-state index is 12.2. The van der Waals surface area contributed by atoms with E-state index in [2.05, 4.69) is 22.8 Å². The van der Waals surface area contributed by atoms with Crippen molar-refractivity contribution in [3.05, 3.63) is 48.0 Å². The largest absolute Gasteiger partial charge is 0.331 e. The molecule has 2 aliphatic carbocycles. The average molecular weight is 284 g/mol. The molecule has 3 amide bonds. The van der Waals surface area contributed by atoms with Gasteiger partial charge >= 0.3 is 6.03 Å². The number of carbonyl (C=O) groups is 2. The van der Waals surface area contributed by atoms with E-state index in [1.807, 2.05) is 37.3 Å². The van der Waals surface area contributed by atoms with E-state index in [-0.39, 0.29) is 17.9 Å². The molecule has 0 spiro atoms. The van der Waals surface area contributed by atoms with Gasteiger partial charge in [0.15, 0.2) is 0 Å². The number of benzene rings is 1. The molecule has 110 valence electrons. The smallest absolute Gasteiger partial charge is 0.321 e. The first kappa shape index (κ1) is 13.9. The highest BCUT2D eigenvalue weighted by Gasteiger charge is 2.40. The van der Waals surface area contributed by atoms with Crippen molar-refractivity contribution in [3.8, 4) is 0 Å². The highest BCUT2D eigenvalue weighted by molar-refractivity contribution is 5.96. The number of fused-ring (bicyclic) bond motifs is 2. The lowest BCUT2D eigenvalue weighted by atomic mass is 9.93. The molecular weight excluding hydrogens is 264 g/mol. The molecular formula is C17H20N2O2. The maximum atomic E-state index is 12.2. The first-order valence-corrected chi connectivity index (χ1v) is 7.48. The summed E-state index contributed by atoms with van der Waals surface area (Å²) in [7, 11) is 0. The fraction of sp³-hybridized carbons (Fsp3) is 0.412. The molecule has 1 aromatic carbocycles. The van der Waals surface area contributed by atoms with Crippen LogP contribution in [-0.2, 0) is 4.79 Å². The fourth-order valence-electron chi connectivity index (χ4n) is 3.34. The van der Waals surface area contributed by atoms with E-state index < -0.39 is 6.03 Å². The first-order chi connectivity index (χ1) is 10.1. The van der Waals surface area contributed by atoms with Gasteiger partial charge in [0.05, 0.1) is 6.04 Å². The molecule has 4 atom stereocenters. The minimum absolute atomic E-state index is 0.0437. The predicted octanol–water partition coefficient (Wildman–Crippen LogP) is 2.79. The highest BCUT2D eigenvalue weighted by atomic mass is 16.2. The number of hydrogen-bond acceptors (Lipinski definition) is 2. The summed E-state index contributed by atoms with van der Waals surface area (Å²) >= 11 is 0. The van der Waals surface area contributed by atoms with Gasteiger partial charge in [-0.25, -0.2) is 4.79 Å². The van der Waals surface area contributed by atoms with Crippen molar-refractivity contribution in [2.75, 3.05) is 0 Å². The van der Waals surface area contributed by atoms with Gasteiger partial charge in [0.25, 0.3) is 0 Å². The van der Waals surface area contributed by atoms with Crippen LogP contribution in [0.15, 0.2) is 42.5 Å². The number of nitrogens with one attached hydrogen (secondary N) is 2. The van der Waals surface area contributed by atoms with Crippen molar-refractivity contribution in [2.24, 2.45) is 17.8 Å². The molecule has 21 heavy (non-hydrogen) atoms. The van der Waals surface area contributed by atoms with Crippen LogP contribution in [0.4, 0.5) is 4.79 Å². The number of rotatable bonds is 3. The van der Waals surface area contributed by atoms with Crippen LogP contribution in [0, 0.1) is 17.8 Å². The van der Waals surface area contributed by atoms with E-state index in [4.69, 9.17) is 0 Å². The molecule has 1 saturated carbocycles. The molecule has 4 unspecified atom stereocenters. The van der Waals surface area contributed by atoms with Crippen LogP contribution in [0.5, 0.6) is 0 Å². The van der Waals surface area contributed by atoms with Gasteiger partial charge in [-0.05, 0) is 37.2 Å². The van der Waals surface area contributed by atoms with Gasteiger partial charge < -0.3 is 5.32 Å². The average Bonchev–Trinajstić information content (AvgIpc) is 3.10. The minimum Gasteiger partial charge on any atom is -0.331 e. The lowest BCUT2D eigenvalue weighted by Crippen LogP contribution is -2.44. The van der Waals surface area contributed by atoms with Crippen molar-refractivity contribution in [2.45, 2.75) is 25.8 Å². The van der Waals surface area contributed by atoms with E-state index in [1.165, 1.54) is 0 Å². The number of allylic oxidation sites excluding steroid dienone is 2. The third-order valence-electron chi connectivity index (χ3n) is 4.50. The van der Waals surface area contributed by atoms with Gasteiger partial charge in [0, 0.05) is 5.92 Å². The van der Waals surface area contributed by atoms with Gasteiger partial charge in [0.1, 0.15) is 0 Å². The van der Waals surface area contributed by atoms with E-state index in [9.17, 15) is 9.59 Å². The highest BCUT2D eigenvalue weighted by Crippen LogP contribution is 2.43. The SMILES string of the molecule is CC(NC(=O)NC(=O)C1CC2C=CC1C2)c1ccccc1. The summed E-state index contributed by atoms with van der Waals surface area (Å²) in [4.78, 5) is 24.1. The minimum atomic E-state index is -0.414. The topological polar surface area (TPSA) is 58.2 Å². The van der Waals surface area contributed by atoms with Crippen molar-refractivity contribution < 1.29 is 9.59 Å². The molecule has 1 fully saturated rings. The second kappa shape index (κ2) is 5.72. The van der Waals surface area contributed by atoms with Gasteiger partial charge in [-0.2, -0.15) is 0 Å². The molecule has 0 aromatic heterocycles. The molecule has 2 aliphatic rings. The van der Waals surface area contributed by atoms with Crippen molar-refractivity contribution in [1.82, 2.24) is 10.6 Å². The third kappa shape index (κ3) is 2.99. The van der Waals surface area contributed by atoms with Gasteiger partial charge in [-0.15, -0.1) is 0 Å². The molecule has 2 bridgehead atoms. The van der Waals surface area contributed by atoms with Crippen molar-refractivity contribution in [1.29, 1.82) is 0 Å². The summed E-state index contributed by atoms with van der Waals surface area (Å²) < 4.78 is 0. The summed E-state index contributed by atoms with van der Waals surface area (Å²) in [5.74, 6) is 0.647. The second-order valence-corrected chi connectivity index (χ2v) is 5.98. The lowest BCUT2D eigenvalue weighted by Gasteiger charge is -2.19. The summed E-state index contributed by atoms with van der Waals surface area (Å²) in [6.07, 6.45) is 6.23. The molecule has 1 aromatic rings. The van der Waals surface area contributed by atoms with Crippen LogP contribution in [0.1, 0.15) is 31.4 Å². The Morgan fingerprint density at radius 3 is 2.52 bits per heavy atom. The summed E-state index contributed by atoms with van der Waals surface area (Å²) in [6, 6.07) is 9.15. The van der Waals surface area contributed by atoms with Crippen molar-refractivity contribution >= 4 is 11.9 Å². The van der Waals surface area contributed by atoms with Gasteiger partial charge in [-0.3, -0.25) is 10.1 Å². The molecule has 4 nitrogen and oxygen atoms in total. The number of imide groups is 1. The van der Waals surface area contributed by atoms with Crippen LogP contribution in [-0.4, -0.2) is 11.9 Å². The third-order valence-corrected chi connectivity index (χ3v) is 4.50. The van der Waals surface area contributed by atoms with E-state index >= 15 is 0 Å². The molecule has 0 heterocycles. The zero-order chi connectivity index (χ0) is 14.8. The Hall–Kier alpha value is -2.10. The van der Waals surface area contributed by atoms with Crippen LogP contribution < -0.4 is 10.6 Å². The van der Waals surface area contributed by atoms with E-state index in [0.29, 0.717) is 11.8 Å². The zero-order valence-electron chi connectivity index (χ0n) is 12.1. The van der Waals surface area contributed by atoms with E-state index in [1.54, 1.807) is 0 Å². The van der Waals surface area contributed by atoms with Crippen LogP contribution in [0.2, 0.25) is 0 Å². The standard InChI is InChI=1S/C17H20N2O2/c1-11(13-5-3-2-4-6-13)18-17(21)19-16(20)15-10-12-7-8-14(15)9-12/h2-8,11-12,14-15H,9-10H2,1H3,(H2,18,19,20,21). The molecule has 0 radical (unpaired) electrons. The molecule has 0 saturated heterocycles. The monoisotopic (exact) mass is 284 g/mol. The Balaban J connectivity index is 1.52. The number of urea groups is 1. The summed E-state index contributed by atoms with van der Waals surface area (Å²) in [5.41, 5.74) is 1.02. The van der Waals surface area contributed by atoms with Crippen LogP contribution in [0.3, 0.4) is 0 Å². The van der Waals surface area contributed by atoms with E-state index in [0.717, 1.165) is 18.4 Å². The van der Waals surface area contributed by atoms with Crippen molar-refractivity contribution in [3.63, 3.8) is 0 Å². The molecule has 4 heteroatoms. The number of hydrogen-bond donors (Lipinski definition) is 2. The lowest BCUT2D eigenvalue weighted by molar-refractivity contribution is -0.124. The zero-order valence-corrected chi connectivity index (χ0v) is 12.1. The van der Waals surface area contributed by atoms with Crippen LogP contribution in [0.25, 0.3) is 0 Å². The van der Waals surface area contributed by atoms with Gasteiger partial charge in [0.2, 0.25) is 5.91 Å². The Morgan fingerprint density at radius 1 is 1.14 bits per heavy atom. The molecule has 2 N–H and O–H groups in total. The summed E-state index contributed by atoms with van der Waals surface area (Å²) in [5, 5.41) is 5.29.